The number of hydrogen-bond donors (Lipinski definition) is 1. The summed E-state index contributed by atoms with van der Waals surface area (Å²) in [5, 5.41) is 9.66. The highest BCUT2D eigenvalue weighted by molar-refractivity contribution is 5.93. The van der Waals surface area contributed by atoms with Crippen LogP contribution in [-0.2, 0) is 16.3 Å². The van der Waals surface area contributed by atoms with Crippen LogP contribution in [0.2, 0.25) is 0 Å². The second-order valence-corrected chi connectivity index (χ2v) is 8.32. The predicted molar refractivity (Wildman–Crippen MR) is 113 cm³/mol. The zero-order chi connectivity index (χ0) is 24.6. The minimum absolute atomic E-state index is 0.0511. The van der Waals surface area contributed by atoms with E-state index in [9.17, 15) is 22.4 Å². The van der Waals surface area contributed by atoms with Crippen LogP contribution >= 0.6 is 0 Å². The molecule has 0 spiro atoms. The van der Waals surface area contributed by atoms with E-state index in [1.807, 2.05) is 12.1 Å². The highest BCUT2D eigenvalue weighted by atomic mass is 19.4. The van der Waals surface area contributed by atoms with Crippen molar-refractivity contribution in [3.63, 3.8) is 0 Å². The molecule has 3 aromatic rings. The number of amides is 1. The smallest absolute Gasteiger partial charge is 0.435 e. The molecule has 2 aliphatic heterocycles. The van der Waals surface area contributed by atoms with E-state index in [2.05, 4.69) is 15.6 Å². The predicted octanol–water partition coefficient (Wildman–Crippen LogP) is 3.63. The van der Waals surface area contributed by atoms with Crippen molar-refractivity contribution in [1.29, 1.82) is 0 Å². The maximum atomic E-state index is 13.9. The lowest BCUT2D eigenvalue weighted by molar-refractivity contribution is -0.143. The van der Waals surface area contributed by atoms with Gasteiger partial charge in [-0.3, -0.25) is 4.79 Å². The van der Waals surface area contributed by atoms with Gasteiger partial charge in [0.1, 0.15) is 5.82 Å². The van der Waals surface area contributed by atoms with Crippen molar-refractivity contribution in [2.45, 2.75) is 24.4 Å². The fourth-order valence-electron chi connectivity index (χ4n) is 4.34. The Morgan fingerprint density at radius 3 is 2.49 bits per heavy atom. The van der Waals surface area contributed by atoms with Crippen LogP contribution in [0.15, 0.2) is 42.5 Å². The Kier molecular flexibility index (Phi) is 5.83. The highest BCUT2D eigenvalue weighted by Crippen LogP contribution is 2.41. The number of halogens is 4. The zero-order valence-corrected chi connectivity index (χ0v) is 18.3. The van der Waals surface area contributed by atoms with Crippen LogP contribution in [0.3, 0.4) is 0 Å². The minimum atomic E-state index is -4.93. The first-order valence-electron chi connectivity index (χ1n) is 10.8. The highest BCUT2D eigenvalue weighted by Gasteiger charge is 2.43. The molecule has 2 aromatic carbocycles. The minimum Gasteiger partial charge on any atom is -0.454 e. The number of alkyl halides is 3. The maximum absolute atomic E-state index is 13.9. The molecule has 0 unspecified atom stereocenters. The van der Waals surface area contributed by atoms with Gasteiger partial charge in [0.25, 0.3) is 5.91 Å². The number of benzene rings is 2. The molecule has 1 amide bonds. The number of carbonyl (C=O) groups is 1. The molecule has 0 saturated carbocycles. The molecule has 5 rings (SSSR count). The lowest BCUT2D eigenvalue weighted by atomic mass is 9.74. The molecule has 1 N–H and O–H groups in total. The number of nitrogens with one attached hydrogen (secondary N) is 1. The fraction of sp³-hybridized carbons (Fsp3) is 0.348. The molecule has 0 aliphatic carbocycles. The third kappa shape index (κ3) is 4.41. The van der Waals surface area contributed by atoms with Crippen molar-refractivity contribution in [2.75, 3.05) is 26.6 Å². The van der Waals surface area contributed by atoms with Gasteiger partial charge in [-0.15, -0.1) is 5.10 Å². The van der Waals surface area contributed by atoms with Gasteiger partial charge in [0, 0.05) is 25.2 Å². The lowest BCUT2D eigenvalue weighted by Gasteiger charge is -2.38. The van der Waals surface area contributed by atoms with Gasteiger partial charge in [0.15, 0.2) is 22.9 Å². The summed E-state index contributed by atoms with van der Waals surface area (Å²) in [7, 11) is 0. The van der Waals surface area contributed by atoms with Gasteiger partial charge in [0.05, 0.1) is 5.69 Å². The average molecular weight is 492 g/mol. The molecule has 1 saturated heterocycles. The van der Waals surface area contributed by atoms with E-state index in [0.717, 1.165) is 29.8 Å². The molecule has 1 aromatic heterocycles. The molecule has 0 bridgehead atoms. The van der Waals surface area contributed by atoms with Crippen molar-refractivity contribution in [1.82, 2.24) is 20.3 Å². The zero-order valence-electron chi connectivity index (χ0n) is 18.3. The van der Waals surface area contributed by atoms with Crippen LogP contribution in [0, 0.1) is 5.82 Å². The van der Waals surface area contributed by atoms with Crippen molar-refractivity contribution in [3.8, 4) is 17.2 Å². The quantitative estimate of drug-likeness (QED) is 0.548. The Balaban J connectivity index is 1.43. The van der Waals surface area contributed by atoms with E-state index < -0.39 is 34.7 Å². The topological polar surface area (TPSA) is 87.5 Å². The molecule has 2 aliphatic rings. The van der Waals surface area contributed by atoms with Gasteiger partial charge in [-0.25, -0.2) is 9.07 Å². The van der Waals surface area contributed by atoms with Crippen LogP contribution in [-0.4, -0.2) is 47.5 Å². The van der Waals surface area contributed by atoms with E-state index in [4.69, 9.17) is 14.2 Å². The Labute approximate surface area is 196 Å². The van der Waals surface area contributed by atoms with Crippen molar-refractivity contribution >= 4 is 5.91 Å². The summed E-state index contributed by atoms with van der Waals surface area (Å²) in [5.74, 6) is -0.462. The van der Waals surface area contributed by atoms with Crippen LogP contribution in [0.1, 0.15) is 34.6 Å². The summed E-state index contributed by atoms with van der Waals surface area (Å²) in [6, 6.07) is 9.69. The third-order valence-electron chi connectivity index (χ3n) is 6.25. The van der Waals surface area contributed by atoms with E-state index >= 15 is 0 Å². The van der Waals surface area contributed by atoms with E-state index in [0.29, 0.717) is 42.2 Å². The molecule has 0 radical (unpaired) electrons. The van der Waals surface area contributed by atoms with Gasteiger partial charge < -0.3 is 19.5 Å². The standard InChI is InChI=1S/C23H20F4N4O4/c24-15-2-4-16(5-3-15)31-20(23(25,26)27)19(29-30-31)21(32)28-12-22(7-9-33-10-8-22)14-1-6-17-18(11-14)35-13-34-17/h1-6,11H,7-10,12-13H2,(H,28,32). The van der Waals surface area contributed by atoms with Crippen molar-refractivity contribution in [2.24, 2.45) is 0 Å². The third-order valence-corrected chi connectivity index (χ3v) is 6.25. The summed E-state index contributed by atoms with van der Waals surface area (Å²) in [4.78, 5) is 13.0. The number of aromatic nitrogens is 3. The van der Waals surface area contributed by atoms with Crippen LogP contribution in [0.4, 0.5) is 17.6 Å². The molecular weight excluding hydrogens is 472 g/mol. The summed E-state index contributed by atoms with van der Waals surface area (Å²) in [6.07, 6.45) is -3.85. The van der Waals surface area contributed by atoms with E-state index in [1.54, 1.807) is 6.07 Å². The monoisotopic (exact) mass is 492 g/mol. The molecule has 1 fully saturated rings. The van der Waals surface area contributed by atoms with Crippen LogP contribution in [0.5, 0.6) is 11.5 Å². The van der Waals surface area contributed by atoms with E-state index in [-0.39, 0.29) is 19.0 Å². The van der Waals surface area contributed by atoms with Crippen LogP contribution in [0.25, 0.3) is 5.69 Å². The van der Waals surface area contributed by atoms with Gasteiger partial charge in [-0.2, -0.15) is 13.2 Å². The molecule has 184 valence electrons. The normalized spacial score (nSPS) is 16.8. The Bertz CT molecular complexity index is 1240. The van der Waals surface area contributed by atoms with Gasteiger partial charge in [0.2, 0.25) is 6.79 Å². The first-order chi connectivity index (χ1) is 16.8. The number of hydrogen-bond acceptors (Lipinski definition) is 6. The Hall–Kier alpha value is -3.67. The SMILES string of the molecule is O=C(NCC1(c2ccc3c(c2)OCO3)CCOCC1)c1nnn(-c2ccc(F)cc2)c1C(F)(F)F. The lowest BCUT2D eigenvalue weighted by Crippen LogP contribution is -2.45. The van der Waals surface area contributed by atoms with Crippen LogP contribution < -0.4 is 14.8 Å². The van der Waals surface area contributed by atoms with Gasteiger partial charge in [-0.05, 0) is 54.8 Å². The summed E-state index contributed by atoms with van der Waals surface area (Å²) in [5.41, 5.74) is -2.01. The Morgan fingerprint density at radius 1 is 1.06 bits per heavy atom. The first kappa shape index (κ1) is 23.1. The second kappa shape index (κ2) is 8.84. The Morgan fingerprint density at radius 2 is 1.77 bits per heavy atom. The molecule has 0 atom stereocenters. The molecule has 3 heterocycles. The number of carbonyl (C=O) groups excluding carboxylic acids is 1. The number of rotatable bonds is 5. The maximum Gasteiger partial charge on any atom is 0.435 e. The number of nitrogens with zero attached hydrogens (tertiary/aromatic N) is 3. The summed E-state index contributed by atoms with van der Waals surface area (Å²) < 4.78 is 71.8. The fourth-order valence-corrected chi connectivity index (χ4v) is 4.34. The molecule has 8 nitrogen and oxygen atoms in total. The first-order valence-corrected chi connectivity index (χ1v) is 10.8. The largest absolute Gasteiger partial charge is 0.454 e. The van der Waals surface area contributed by atoms with Gasteiger partial charge in [-0.1, -0.05) is 11.3 Å². The summed E-state index contributed by atoms with van der Waals surface area (Å²) >= 11 is 0. The summed E-state index contributed by atoms with van der Waals surface area (Å²) in [6.45, 7) is 1.02. The molecular formula is C23H20F4N4O4. The van der Waals surface area contributed by atoms with E-state index in [1.165, 1.54) is 0 Å². The second-order valence-electron chi connectivity index (χ2n) is 8.32. The van der Waals surface area contributed by atoms with Crippen molar-refractivity contribution < 1.29 is 36.6 Å². The molecule has 35 heavy (non-hydrogen) atoms. The number of ether oxygens (including phenoxy) is 3. The molecule has 12 heteroatoms. The van der Waals surface area contributed by atoms with Gasteiger partial charge >= 0.3 is 6.18 Å². The number of fused-ring (bicyclic) bond motifs is 1. The average Bonchev–Trinajstić information content (AvgIpc) is 3.50. The van der Waals surface area contributed by atoms with Crippen molar-refractivity contribution in [3.05, 3.63) is 65.2 Å².